The van der Waals surface area contributed by atoms with E-state index >= 15 is 0 Å². The first-order valence-electron chi connectivity index (χ1n) is 5.42. The molecule has 2 aromatic rings. The molecule has 0 saturated carbocycles. The van der Waals surface area contributed by atoms with Gasteiger partial charge in [0.25, 0.3) is 0 Å². The molecule has 0 aliphatic carbocycles. The summed E-state index contributed by atoms with van der Waals surface area (Å²) in [6.45, 7) is 1.79. The zero-order valence-corrected chi connectivity index (χ0v) is 11.0. The first kappa shape index (κ1) is 12.5. The fourth-order valence-corrected chi connectivity index (χ4v) is 1.89. The number of nitrogens with zero attached hydrogens (tertiary/aromatic N) is 2. The van der Waals surface area contributed by atoms with E-state index in [0.717, 1.165) is 5.75 Å². The minimum Gasteiger partial charge on any atom is -0.439 e. The van der Waals surface area contributed by atoms with Crippen molar-refractivity contribution in [2.75, 3.05) is 6.26 Å². The minimum absolute atomic E-state index is 0.503. The maximum atomic E-state index is 8.82. The summed E-state index contributed by atoms with van der Waals surface area (Å²) in [6, 6.07) is 13.3. The van der Waals surface area contributed by atoms with Gasteiger partial charge >= 0.3 is 0 Å². The number of aromatic nitrogens is 1. The minimum atomic E-state index is 0.503. The lowest BCUT2D eigenvalue weighted by molar-refractivity contribution is 0.461. The van der Waals surface area contributed by atoms with Crippen LogP contribution in [0.25, 0.3) is 0 Å². The largest absolute Gasteiger partial charge is 0.439 e. The highest BCUT2D eigenvalue weighted by Gasteiger charge is 2.03. The Kier molecular flexibility index (Phi) is 3.85. The molecule has 18 heavy (non-hydrogen) atoms. The molecule has 2 rings (SSSR count). The van der Waals surface area contributed by atoms with Crippen molar-refractivity contribution in [3.8, 4) is 17.7 Å². The fraction of sp³-hybridized carbons (Fsp3) is 0.143. The van der Waals surface area contributed by atoms with Gasteiger partial charge in [0.2, 0.25) is 5.88 Å². The van der Waals surface area contributed by atoms with E-state index in [1.807, 2.05) is 30.5 Å². The highest BCUT2D eigenvalue weighted by molar-refractivity contribution is 7.98. The number of aryl methyl sites for hydroxylation is 1. The van der Waals surface area contributed by atoms with Crippen molar-refractivity contribution in [3.05, 3.63) is 47.7 Å². The third kappa shape index (κ3) is 2.82. The van der Waals surface area contributed by atoms with E-state index in [1.54, 1.807) is 30.8 Å². The lowest BCUT2D eigenvalue weighted by atomic mass is 10.2. The van der Waals surface area contributed by atoms with Crippen molar-refractivity contribution in [3.63, 3.8) is 0 Å². The maximum Gasteiger partial charge on any atom is 0.219 e. The summed E-state index contributed by atoms with van der Waals surface area (Å²) in [5.74, 6) is 1.24. The Bertz CT molecular complexity index is 588. The predicted molar refractivity (Wildman–Crippen MR) is 72.0 cm³/mol. The molecule has 0 atom stereocenters. The molecule has 0 amide bonds. The lowest BCUT2D eigenvalue weighted by Crippen LogP contribution is -1.92. The Morgan fingerprint density at radius 1 is 1.17 bits per heavy atom. The van der Waals surface area contributed by atoms with E-state index in [1.165, 1.54) is 4.90 Å². The van der Waals surface area contributed by atoms with E-state index < -0.39 is 0 Å². The van der Waals surface area contributed by atoms with Crippen molar-refractivity contribution < 1.29 is 4.74 Å². The van der Waals surface area contributed by atoms with Crippen LogP contribution in [0.5, 0.6) is 11.6 Å². The molecule has 1 aromatic carbocycles. The topological polar surface area (TPSA) is 45.9 Å². The fourth-order valence-electron chi connectivity index (χ4n) is 1.48. The molecular formula is C14H12N2OS. The van der Waals surface area contributed by atoms with E-state index in [4.69, 9.17) is 10.00 Å². The molecule has 0 aliphatic rings. The smallest absolute Gasteiger partial charge is 0.219 e. The highest BCUT2D eigenvalue weighted by Crippen LogP contribution is 2.23. The number of nitriles is 1. The first-order valence-corrected chi connectivity index (χ1v) is 6.65. The van der Waals surface area contributed by atoms with Crippen LogP contribution >= 0.6 is 11.8 Å². The number of rotatable bonds is 3. The molecule has 0 N–H and O–H groups in total. The van der Waals surface area contributed by atoms with Crippen molar-refractivity contribution in [2.45, 2.75) is 11.8 Å². The Balaban J connectivity index is 2.18. The summed E-state index contributed by atoms with van der Waals surface area (Å²) < 4.78 is 5.63. The molecule has 1 heterocycles. The van der Waals surface area contributed by atoms with E-state index in [0.29, 0.717) is 17.1 Å². The number of hydrogen-bond donors (Lipinski definition) is 0. The Hall–Kier alpha value is -1.99. The van der Waals surface area contributed by atoms with Gasteiger partial charge in [0.1, 0.15) is 11.8 Å². The second kappa shape index (κ2) is 5.56. The first-order chi connectivity index (χ1) is 8.72. The summed E-state index contributed by atoms with van der Waals surface area (Å²) in [5.41, 5.74) is 1.25. The Morgan fingerprint density at radius 3 is 2.44 bits per heavy atom. The maximum absolute atomic E-state index is 8.82. The van der Waals surface area contributed by atoms with Crippen LogP contribution < -0.4 is 4.74 Å². The normalized spacial score (nSPS) is 9.83. The molecule has 0 saturated heterocycles. The molecule has 3 nitrogen and oxygen atoms in total. The van der Waals surface area contributed by atoms with Crippen molar-refractivity contribution in [1.29, 1.82) is 5.26 Å². The standard InChI is InChI=1S/C14H12N2OS/c1-10-11(9-15)3-8-14(16-10)17-12-4-6-13(18-2)7-5-12/h3-8H,1-2H3. The van der Waals surface area contributed by atoms with Crippen LogP contribution in [0.15, 0.2) is 41.3 Å². The van der Waals surface area contributed by atoms with Gasteiger partial charge in [-0.1, -0.05) is 0 Å². The highest BCUT2D eigenvalue weighted by atomic mass is 32.2. The molecule has 0 unspecified atom stereocenters. The SMILES string of the molecule is CSc1ccc(Oc2ccc(C#N)c(C)n2)cc1. The second-order valence-electron chi connectivity index (χ2n) is 3.67. The van der Waals surface area contributed by atoms with Crippen LogP contribution in [0.1, 0.15) is 11.3 Å². The zero-order valence-electron chi connectivity index (χ0n) is 10.2. The summed E-state index contributed by atoms with van der Waals surface area (Å²) in [5, 5.41) is 8.82. The third-order valence-corrected chi connectivity index (χ3v) is 3.21. The molecule has 90 valence electrons. The van der Waals surface area contributed by atoms with Gasteiger partial charge in [-0.25, -0.2) is 4.98 Å². The van der Waals surface area contributed by atoms with E-state index in [9.17, 15) is 0 Å². The zero-order chi connectivity index (χ0) is 13.0. The summed E-state index contributed by atoms with van der Waals surface area (Å²) >= 11 is 1.68. The molecule has 0 aliphatic heterocycles. The third-order valence-electron chi connectivity index (χ3n) is 2.46. The molecule has 0 radical (unpaired) electrons. The van der Waals surface area contributed by atoms with Gasteiger partial charge < -0.3 is 4.74 Å². The quantitative estimate of drug-likeness (QED) is 0.784. The van der Waals surface area contributed by atoms with Crippen LogP contribution in [0.2, 0.25) is 0 Å². The molecule has 1 aromatic heterocycles. The van der Waals surface area contributed by atoms with Crippen molar-refractivity contribution in [2.24, 2.45) is 0 Å². The molecule has 0 spiro atoms. The van der Waals surface area contributed by atoms with E-state index in [2.05, 4.69) is 11.1 Å². The number of hydrogen-bond acceptors (Lipinski definition) is 4. The Morgan fingerprint density at radius 2 is 1.89 bits per heavy atom. The van der Waals surface area contributed by atoms with Gasteiger partial charge in [-0.15, -0.1) is 11.8 Å². The van der Waals surface area contributed by atoms with Gasteiger partial charge in [-0.3, -0.25) is 0 Å². The summed E-state index contributed by atoms with van der Waals surface area (Å²) in [7, 11) is 0. The van der Waals surface area contributed by atoms with Crippen LogP contribution in [0, 0.1) is 18.3 Å². The van der Waals surface area contributed by atoms with Crippen molar-refractivity contribution in [1.82, 2.24) is 4.98 Å². The average molecular weight is 256 g/mol. The van der Waals surface area contributed by atoms with Crippen LogP contribution in [-0.4, -0.2) is 11.2 Å². The second-order valence-corrected chi connectivity index (χ2v) is 4.55. The van der Waals surface area contributed by atoms with Gasteiger partial charge in [0.05, 0.1) is 11.3 Å². The number of thioether (sulfide) groups is 1. The molecule has 0 bridgehead atoms. The van der Waals surface area contributed by atoms with Gasteiger partial charge in [-0.2, -0.15) is 5.26 Å². The number of ether oxygens (including phenoxy) is 1. The van der Waals surface area contributed by atoms with Gasteiger partial charge in [0.15, 0.2) is 0 Å². The monoisotopic (exact) mass is 256 g/mol. The van der Waals surface area contributed by atoms with Crippen LogP contribution in [0.3, 0.4) is 0 Å². The van der Waals surface area contributed by atoms with Crippen molar-refractivity contribution >= 4 is 11.8 Å². The van der Waals surface area contributed by atoms with Gasteiger partial charge in [-0.05, 0) is 43.5 Å². The molecule has 0 fully saturated rings. The van der Waals surface area contributed by atoms with Crippen LogP contribution in [0.4, 0.5) is 0 Å². The van der Waals surface area contributed by atoms with Crippen LogP contribution in [-0.2, 0) is 0 Å². The summed E-state index contributed by atoms with van der Waals surface area (Å²) in [4.78, 5) is 5.42. The molecular weight excluding hydrogens is 244 g/mol. The number of pyridine rings is 1. The van der Waals surface area contributed by atoms with Gasteiger partial charge in [0, 0.05) is 11.0 Å². The summed E-state index contributed by atoms with van der Waals surface area (Å²) in [6.07, 6.45) is 2.03. The predicted octanol–water partition coefficient (Wildman–Crippen LogP) is 3.78. The molecule has 4 heteroatoms. The van der Waals surface area contributed by atoms with E-state index in [-0.39, 0.29) is 0 Å². The average Bonchev–Trinajstić information content (AvgIpc) is 2.40. The number of benzene rings is 1. The lowest BCUT2D eigenvalue weighted by Gasteiger charge is -2.06. The Labute approximate surface area is 110 Å².